The Morgan fingerprint density at radius 3 is 2.80 bits per heavy atom. The molecule has 2 fully saturated rings. The van der Waals surface area contributed by atoms with E-state index in [0.29, 0.717) is 17.5 Å². The molecule has 0 radical (unpaired) electrons. The topological polar surface area (TPSA) is 49.8 Å². The lowest BCUT2D eigenvalue weighted by atomic mass is 9.70. The smallest absolute Gasteiger partial charge is 0.133 e. The van der Waals surface area contributed by atoms with Gasteiger partial charge in [0.2, 0.25) is 0 Å². The molecule has 1 saturated carbocycles. The number of anilines is 1. The van der Waals surface area contributed by atoms with Crippen LogP contribution in [0, 0.1) is 6.92 Å². The van der Waals surface area contributed by atoms with E-state index >= 15 is 0 Å². The second-order valence-electron chi connectivity index (χ2n) is 6.80. The van der Waals surface area contributed by atoms with Gasteiger partial charge in [-0.1, -0.05) is 13.8 Å². The van der Waals surface area contributed by atoms with Crippen LogP contribution in [-0.2, 0) is 0 Å². The van der Waals surface area contributed by atoms with Gasteiger partial charge in [-0.3, -0.25) is 0 Å². The Hall–Kier alpha value is -1.16. The van der Waals surface area contributed by atoms with E-state index in [-0.39, 0.29) is 0 Å². The van der Waals surface area contributed by atoms with Gasteiger partial charge in [0.15, 0.2) is 0 Å². The summed E-state index contributed by atoms with van der Waals surface area (Å²) in [7, 11) is 0. The summed E-state index contributed by atoms with van der Waals surface area (Å²) in [5, 5.41) is 7.37. The number of hydrogen-bond acceptors (Lipinski definition) is 4. The molecule has 20 heavy (non-hydrogen) atoms. The van der Waals surface area contributed by atoms with Crippen LogP contribution in [0.25, 0.3) is 0 Å². The van der Waals surface area contributed by atoms with Crippen LogP contribution < -0.4 is 10.6 Å². The van der Waals surface area contributed by atoms with Crippen LogP contribution in [0.15, 0.2) is 6.07 Å². The first-order valence-corrected chi connectivity index (χ1v) is 7.93. The van der Waals surface area contributed by atoms with Crippen molar-refractivity contribution in [2.45, 2.75) is 70.4 Å². The molecule has 1 aromatic heterocycles. The summed E-state index contributed by atoms with van der Waals surface area (Å²) >= 11 is 0. The van der Waals surface area contributed by atoms with E-state index in [9.17, 15) is 0 Å². The third-order valence-corrected chi connectivity index (χ3v) is 4.68. The van der Waals surface area contributed by atoms with Crippen molar-refractivity contribution in [3.63, 3.8) is 0 Å². The van der Waals surface area contributed by atoms with Gasteiger partial charge in [0.05, 0.1) is 0 Å². The van der Waals surface area contributed by atoms with Crippen LogP contribution in [0.1, 0.15) is 63.4 Å². The maximum Gasteiger partial charge on any atom is 0.133 e. The fourth-order valence-electron chi connectivity index (χ4n) is 3.40. The molecule has 0 amide bonds. The highest BCUT2D eigenvalue weighted by Crippen LogP contribution is 2.38. The maximum atomic E-state index is 4.68. The van der Waals surface area contributed by atoms with Gasteiger partial charge < -0.3 is 10.6 Å². The third-order valence-electron chi connectivity index (χ3n) is 4.68. The predicted molar refractivity (Wildman–Crippen MR) is 82.1 cm³/mol. The first-order valence-electron chi connectivity index (χ1n) is 7.93. The zero-order valence-electron chi connectivity index (χ0n) is 12.9. The zero-order valence-corrected chi connectivity index (χ0v) is 12.9. The Labute approximate surface area is 121 Å². The highest BCUT2D eigenvalue weighted by atomic mass is 15.1. The average molecular weight is 274 g/mol. The molecule has 110 valence electrons. The van der Waals surface area contributed by atoms with Crippen molar-refractivity contribution < 1.29 is 0 Å². The first-order chi connectivity index (χ1) is 9.56. The van der Waals surface area contributed by atoms with E-state index in [0.717, 1.165) is 23.9 Å². The highest BCUT2D eigenvalue weighted by Gasteiger charge is 2.40. The maximum absolute atomic E-state index is 4.68. The first kappa shape index (κ1) is 13.8. The predicted octanol–water partition coefficient (Wildman–Crippen LogP) is 3.00. The monoisotopic (exact) mass is 274 g/mol. The molecule has 1 aromatic rings. The van der Waals surface area contributed by atoms with E-state index in [1.807, 2.05) is 0 Å². The Morgan fingerprint density at radius 1 is 1.35 bits per heavy atom. The SMILES string of the molecule is Cc1cc(NC2CCNC3(CCC3)C2)nc(C(C)C)n1. The lowest BCUT2D eigenvalue weighted by Gasteiger charge is -2.48. The van der Waals surface area contributed by atoms with Crippen molar-refractivity contribution in [1.82, 2.24) is 15.3 Å². The summed E-state index contributed by atoms with van der Waals surface area (Å²) in [6.07, 6.45) is 6.47. The van der Waals surface area contributed by atoms with Crippen LogP contribution >= 0.6 is 0 Å². The average Bonchev–Trinajstić information content (AvgIpc) is 2.36. The molecule has 2 N–H and O–H groups in total. The molecular weight excluding hydrogens is 248 g/mol. The lowest BCUT2D eigenvalue weighted by molar-refractivity contribution is 0.135. The number of piperidine rings is 1. The van der Waals surface area contributed by atoms with Crippen molar-refractivity contribution in [2.24, 2.45) is 0 Å². The number of aryl methyl sites for hydroxylation is 1. The van der Waals surface area contributed by atoms with Crippen LogP contribution in [0.2, 0.25) is 0 Å². The normalized spacial score (nSPS) is 24.7. The van der Waals surface area contributed by atoms with Crippen molar-refractivity contribution in [3.05, 3.63) is 17.6 Å². The summed E-state index contributed by atoms with van der Waals surface area (Å²) in [5.41, 5.74) is 1.48. The number of rotatable bonds is 3. The summed E-state index contributed by atoms with van der Waals surface area (Å²) in [5.74, 6) is 2.32. The van der Waals surface area contributed by atoms with Crippen LogP contribution in [0.5, 0.6) is 0 Å². The summed E-state index contributed by atoms with van der Waals surface area (Å²) < 4.78 is 0. The number of hydrogen-bond donors (Lipinski definition) is 2. The number of nitrogens with one attached hydrogen (secondary N) is 2. The van der Waals surface area contributed by atoms with Crippen LogP contribution in [-0.4, -0.2) is 28.1 Å². The second-order valence-corrected chi connectivity index (χ2v) is 6.80. The molecule has 4 nitrogen and oxygen atoms in total. The Balaban J connectivity index is 1.70. The van der Waals surface area contributed by atoms with E-state index in [4.69, 9.17) is 0 Å². The van der Waals surface area contributed by atoms with Crippen molar-refractivity contribution >= 4 is 5.82 Å². The van der Waals surface area contributed by atoms with Crippen molar-refractivity contribution in [1.29, 1.82) is 0 Å². The molecule has 4 heteroatoms. The molecule has 2 heterocycles. The third kappa shape index (κ3) is 2.80. The zero-order chi connectivity index (χ0) is 14.2. The molecule has 2 aliphatic rings. The molecule has 1 atom stereocenters. The molecule has 1 unspecified atom stereocenters. The fraction of sp³-hybridized carbons (Fsp3) is 0.750. The lowest BCUT2D eigenvalue weighted by Crippen LogP contribution is -2.58. The minimum atomic E-state index is 0.376. The molecule has 1 spiro atoms. The van der Waals surface area contributed by atoms with Gasteiger partial charge in [-0.25, -0.2) is 9.97 Å². The minimum Gasteiger partial charge on any atom is -0.367 e. The van der Waals surface area contributed by atoms with Crippen molar-refractivity contribution in [3.8, 4) is 0 Å². The fourth-order valence-corrected chi connectivity index (χ4v) is 3.40. The largest absolute Gasteiger partial charge is 0.367 e. The summed E-state index contributed by atoms with van der Waals surface area (Å²) in [4.78, 5) is 9.20. The van der Waals surface area contributed by atoms with Crippen LogP contribution in [0.3, 0.4) is 0 Å². The quantitative estimate of drug-likeness (QED) is 0.889. The summed E-state index contributed by atoms with van der Waals surface area (Å²) in [6.45, 7) is 7.46. The standard InChI is InChI=1S/C16H26N4/c1-11(2)15-18-12(3)9-14(20-15)19-13-5-8-17-16(10-13)6-4-7-16/h9,11,13,17H,4-8,10H2,1-3H3,(H,18,19,20). The molecule has 0 aromatic carbocycles. The van der Waals surface area contributed by atoms with Gasteiger partial charge in [-0.05, 0) is 45.6 Å². The number of aromatic nitrogens is 2. The van der Waals surface area contributed by atoms with Crippen molar-refractivity contribution in [2.75, 3.05) is 11.9 Å². The van der Waals surface area contributed by atoms with E-state index in [1.54, 1.807) is 0 Å². The highest BCUT2D eigenvalue weighted by molar-refractivity contribution is 5.38. The van der Waals surface area contributed by atoms with Gasteiger partial charge in [0.1, 0.15) is 11.6 Å². The van der Waals surface area contributed by atoms with Gasteiger partial charge in [-0.2, -0.15) is 0 Å². The molecular formula is C16H26N4. The van der Waals surface area contributed by atoms with Gasteiger partial charge in [0, 0.05) is 29.3 Å². The van der Waals surface area contributed by atoms with Gasteiger partial charge in [-0.15, -0.1) is 0 Å². The summed E-state index contributed by atoms with van der Waals surface area (Å²) in [6, 6.07) is 2.62. The Morgan fingerprint density at radius 2 is 2.15 bits per heavy atom. The Bertz CT molecular complexity index is 479. The van der Waals surface area contributed by atoms with Gasteiger partial charge in [0.25, 0.3) is 0 Å². The van der Waals surface area contributed by atoms with Gasteiger partial charge >= 0.3 is 0 Å². The molecule has 1 aliphatic heterocycles. The molecule has 0 bridgehead atoms. The second kappa shape index (κ2) is 5.32. The number of nitrogens with zero attached hydrogens (tertiary/aromatic N) is 2. The van der Waals surface area contributed by atoms with E-state index in [2.05, 4.69) is 47.4 Å². The Kier molecular flexibility index (Phi) is 3.67. The van der Waals surface area contributed by atoms with E-state index in [1.165, 1.54) is 32.1 Å². The van der Waals surface area contributed by atoms with Crippen LogP contribution in [0.4, 0.5) is 5.82 Å². The molecule has 1 saturated heterocycles. The molecule has 3 rings (SSSR count). The van der Waals surface area contributed by atoms with E-state index < -0.39 is 0 Å². The molecule has 1 aliphatic carbocycles. The minimum absolute atomic E-state index is 0.376.